The van der Waals surface area contributed by atoms with Crippen molar-refractivity contribution in [1.82, 2.24) is 10.0 Å². The molecule has 0 aromatic heterocycles. The van der Waals surface area contributed by atoms with E-state index in [2.05, 4.69) is 10.0 Å². The lowest BCUT2D eigenvalue weighted by atomic mass is 10.1. The zero-order valence-corrected chi connectivity index (χ0v) is 14.7. The monoisotopic (exact) mass is 334 g/mol. The molecule has 7 heteroatoms. The average Bonchev–Trinajstić information content (AvgIpc) is 2.41. The van der Waals surface area contributed by atoms with E-state index in [1.807, 2.05) is 13.8 Å². The van der Waals surface area contributed by atoms with Gasteiger partial charge in [-0.25, -0.2) is 13.1 Å². The van der Waals surface area contributed by atoms with Crippen molar-refractivity contribution in [3.05, 3.63) is 28.3 Å². The van der Waals surface area contributed by atoms with E-state index in [1.54, 1.807) is 27.1 Å². The normalized spacial score (nSPS) is 12.7. The summed E-state index contributed by atoms with van der Waals surface area (Å²) in [5, 5.41) is 3.40. The summed E-state index contributed by atoms with van der Waals surface area (Å²) in [4.78, 5) is 0.201. The fourth-order valence-electron chi connectivity index (χ4n) is 1.78. The summed E-state index contributed by atoms with van der Waals surface area (Å²) in [5.74, 6) is 0. The Balaban J connectivity index is 3.14. The van der Waals surface area contributed by atoms with E-state index < -0.39 is 15.6 Å². The van der Waals surface area contributed by atoms with E-state index in [0.717, 1.165) is 5.56 Å². The fourth-order valence-corrected chi connectivity index (χ4v) is 3.59. The lowest BCUT2D eigenvalue weighted by Crippen LogP contribution is -2.39. The molecule has 0 fully saturated rings. The summed E-state index contributed by atoms with van der Waals surface area (Å²) >= 11 is 6.04. The number of sulfonamides is 1. The van der Waals surface area contributed by atoms with Crippen LogP contribution in [-0.4, -0.2) is 34.7 Å². The number of benzene rings is 1. The number of hydrogen-bond donors (Lipinski definition) is 2. The van der Waals surface area contributed by atoms with Crippen molar-refractivity contribution in [2.75, 3.05) is 20.7 Å². The maximum absolute atomic E-state index is 12.5. The van der Waals surface area contributed by atoms with Crippen molar-refractivity contribution in [2.24, 2.45) is 0 Å². The van der Waals surface area contributed by atoms with Crippen molar-refractivity contribution < 1.29 is 13.2 Å². The second-order valence-electron chi connectivity index (χ2n) is 5.51. The maximum atomic E-state index is 12.5. The first-order valence-electron chi connectivity index (χ1n) is 6.61. The van der Waals surface area contributed by atoms with Crippen LogP contribution < -0.4 is 10.0 Å². The molecule has 21 heavy (non-hydrogen) atoms. The molecule has 0 saturated heterocycles. The number of ether oxygens (including phenoxy) is 1. The topological polar surface area (TPSA) is 67.4 Å². The van der Waals surface area contributed by atoms with Crippen LogP contribution in [0.25, 0.3) is 0 Å². The van der Waals surface area contributed by atoms with Gasteiger partial charge in [-0.05, 0) is 51.1 Å². The smallest absolute Gasteiger partial charge is 0.240 e. The predicted molar refractivity (Wildman–Crippen MR) is 85.2 cm³/mol. The molecular formula is C14H23ClN2O3S. The Kier molecular flexibility index (Phi) is 6.19. The zero-order chi connectivity index (χ0) is 16.3. The van der Waals surface area contributed by atoms with Crippen LogP contribution in [0.15, 0.2) is 17.0 Å². The van der Waals surface area contributed by atoms with Gasteiger partial charge in [0.2, 0.25) is 10.0 Å². The molecule has 1 rings (SSSR count). The van der Waals surface area contributed by atoms with Gasteiger partial charge in [0, 0.05) is 25.2 Å². The van der Waals surface area contributed by atoms with E-state index >= 15 is 0 Å². The molecule has 0 saturated carbocycles. The molecule has 2 N–H and O–H groups in total. The Morgan fingerprint density at radius 1 is 1.33 bits per heavy atom. The van der Waals surface area contributed by atoms with Gasteiger partial charge < -0.3 is 10.1 Å². The molecule has 0 aliphatic rings. The van der Waals surface area contributed by atoms with Crippen molar-refractivity contribution in [1.29, 1.82) is 0 Å². The molecule has 0 unspecified atom stereocenters. The third kappa shape index (κ3) is 4.93. The van der Waals surface area contributed by atoms with Gasteiger partial charge in [-0.1, -0.05) is 11.6 Å². The predicted octanol–water partition coefficient (Wildman–Crippen LogP) is 2.07. The van der Waals surface area contributed by atoms with Crippen LogP contribution in [0.2, 0.25) is 5.02 Å². The second kappa shape index (κ2) is 7.07. The van der Waals surface area contributed by atoms with Crippen LogP contribution in [0, 0.1) is 6.92 Å². The Morgan fingerprint density at radius 2 is 1.95 bits per heavy atom. The lowest BCUT2D eigenvalue weighted by Gasteiger charge is -2.23. The van der Waals surface area contributed by atoms with E-state index in [1.165, 1.54) is 6.07 Å². The molecule has 0 heterocycles. The van der Waals surface area contributed by atoms with Gasteiger partial charge >= 0.3 is 0 Å². The number of methoxy groups -OCH3 is 1. The summed E-state index contributed by atoms with van der Waals surface area (Å²) in [6.45, 7) is 6.14. The van der Waals surface area contributed by atoms with Crippen molar-refractivity contribution in [2.45, 2.75) is 37.8 Å². The minimum atomic E-state index is -3.64. The highest BCUT2D eigenvalue weighted by molar-refractivity contribution is 7.89. The highest BCUT2D eigenvalue weighted by Gasteiger charge is 2.24. The third-order valence-electron chi connectivity index (χ3n) is 3.33. The first-order chi connectivity index (χ1) is 9.63. The molecule has 120 valence electrons. The summed E-state index contributed by atoms with van der Waals surface area (Å²) < 4.78 is 32.8. The molecule has 5 nitrogen and oxygen atoms in total. The molecule has 0 aliphatic heterocycles. The summed E-state index contributed by atoms with van der Waals surface area (Å²) in [6, 6.07) is 3.24. The van der Waals surface area contributed by atoms with Crippen LogP contribution in [0.1, 0.15) is 25.0 Å². The molecule has 1 aromatic rings. The molecular weight excluding hydrogens is 312 g/mol. The summed E-state index contributed by atoms with van der Waals surface area (Å²) in [6.07, 6.45) is 0. The van der Waals surface area contributed by atoms with E-state index in [9.17, 15) is 8.42 Å². The highest BCUT2D eigenvalue weighted by Crippen LogP contribution is 2.24. The molecule has 0 radical (unpaired) electrons. The van der Waals surface area contributed by atoms with E-state index in [4.69, 9.17) is 16.3 Å². The molecule has 0 spiro atoms. The first-order valence-corrected chi connectivity index (χ1v) is 8.47. The maximum Gasteiger partial charge on any atom is 0.240 e. The fraction of sp³-hybridized carbons (Fsp3) is 0.571. The van der Waals surface area contributed by atoms with Crippen LogP contribution in [-0.2, 0) is 21.3 Å². The summed E-state index contributed by atoms with van der Waals surface area (Å²) in [7, 11) is -0.295. The Morgan fingerprint density at radius 3 is 2.48 bits per heavy atom. The molecule has 0 aliphatic carbocycles. The minimum absolute atomic E-state index is 0.180. The number of halogens is 1. The van der Waals surface area contributed by atoms with E-state index in [0.29, 0.717) is 17.1 Å². The zero-order valence-electron chi connectivity index (χ0n) is 13.1. The van der Waals surface area contributed by atoms with Gasteiger partial charge in [0.15, 0.2) is 0 Å². The van der Waals surface area contributed by atoms with Gasteiger partial charge in [0.05, 0.1) is 10.5 Å². The second-order valence-corrected chi connectivity index (χ2v) is 7.68. The number of rotatable bonds is 7. The van der Waals surface area contributed by atoms with Crippen molar-refractivity contribution >= 4 is 21.6 Å². The number of hydrogen-bond acceptors (Lipinski definition) is 4. The Labute approximate surface area is 132 Å². The quantitative estimate of drug-likeness (QED) is 0.801. The van der Waals surface area contributed by atoms with Crippen LogP contribution in [0.3, 0.4) is 0 Å². The van der Waals surface area contributed by atoms with E-state index in [-0.39, 0.29) is 11.4 Å². The van der Waals surface area contributed by atoms with Gasteiger partial charge in [0.1, 0.15) is 0 Å². The molecule has 0 bridgehead atoms. The number of nitrogens with one attached hydrogen (secondary N) is 2. The van der Waals surface area contributed by atoms with Crippen molar-refractivity contribution in [3.8, 4) is 0 Å². The SMILES string of the molecule is CNCc1cc(Cl)cc(S(=O)(=O)NCC(C)(C)OC)c1C. The standard InChI is InChI=1S/C14H23ClN2O3S/c1-10-11(8-16-4)6-12(15)7-13(10)21(18,19)17-9-14(2,3)20-5/h6-7,16-17H,8-9H2,1-5H3. The van der Waals surface area contributed by atoms with Crippen LogP contribution >= 0.6 is 11.6 Å². The molecule has 0 atom stereocenters. The van der Waals surface area contributed by atoms with Gasteiger partial charge in [-0.15, -0.1) is 0 Å². The van der Waals surface area contributed by atoms with Crippen LogP contribution in [0.4, 0.5) is 0 Å². The summed E-state index contributed by atoms with van der Waals surface area (Å²) in [5.41, 5.74) is 0.973. The van der Waals surface area contributed by atoms with Gasteiger partial charge in [-0.2, -0.15) is 0 Å². The minimum Gasteiger partial charge on any atom is -0.377 e. The van der Waals surface area contributed by atoms with Crippen LogP contribution in [0.5, 0.6) is 0 Å². The largest absolute Gasteiger partial charge is 0.377 e. The average molecular weight is 335 g/mol. The molecule has 0 amide bonds. The highest BCUT2D eigenvalue weighted by atomic mass is 35.5. The third-order valence-corrected chi connectivity index (χ3v) is 5.08. The van der Waals surface area contributed by atoms with Gasteiger partial charge in [-0.3, -0.25) is 0 Å². The Bertz CT molecular complexity index is 600. The molecule has 1 aromatic carbocycles. The van der Waals surface area contributed by atoms with Crippen molar-refractivity contribution in [3.63, 3.8) is 0 Å². The van der Waals surface area contributed by atoms with Gasteiger partial charge in [0.25, 0.3) is 0 Å². The lowest BCUT2D eigenvalue weighted by molar-refractivity contribution is 0.0276. The first kappa shape index (κ1) is 18.4. The Hall–Kier alpha value is -0.660.